The maximum absolute atomic E-state index is 13.8. The quantitative estimate of drug-likeness (QED) is 0.534. The molecule has 12 heteroatoms. The summed E-state index contributed by atoms with van der Waals surface area (Å²) >= 11 is 0. The van der Waals surface area contributed by atoms with E-state index in [-0.39, 0.29) is 25.1 Å². The average molecular weight is 462 g/mol. The summed E-state index contributed by atoms with van der Waals surface area (Å²) in [6.07, 6.45) is -3.80. The Labute approximate surface area is 178 Å². The highest BCUT2D eigenvalue weighted by Gasteiger charge is 2.47. The van der Waals surface area contributed by atoms with E-state index < -0.39 is 50.0 Å². The number of sulfone groups is 1. The van der Waals surface area contributed by atoms with Gasteiger partial charge in [0.1, 0.15) is 6.23 Å². The molecule has 2 aromatic rings. The predicted molar refractivity (Wildman–Crippen MR) is 106 cm³/mol. The van der Waals surface area contributed by atoms with Crippen molar-refractivity contribution in [2.24, 2.45) is 18.7 Å². The van der Waals surface area contributed by atoms with Crippen LogP contribution in [0.4, 0.5) is 13.2 Å². The number of aliphatic hydroxyl groups is 1. The zero-order valence-corrected chi connectivity index (χ0v) is 17.8. The molecular weight excluding hydrogens is 437 g/mol. The minimum atomic E-state index is -4.88. The highest BCUT2D eigenvalue weighted by Crippen LogP contribution is 2.42. The monoisotopic (exact) mass is 462 g/mol. The van der Waals surface area contributed by atoms with E-state index in [1.165, 1.54) is 24.1 Å². The standard InChI is InChI=1S/C19H25F3N4O4S/c1-26-9-12(8-25-26)11-3-4-17(15(5-11)19(20,21)22)31(28,29)13-6-14(16(7-13)30-2)18(27)24-10-23/h3-5,8-9,13-14,16,18,24,27H,6-7,10,23H2,1-2H3/t13-,14-,16-,18?/m0/s1. The summed E-state index contributed by atoms with van der Waals surface area (Å²) in [6, 6.07) is 3.16. The highest BCUT2D eigenvalue weighted by molar-refractivity contribution is 7.92. The summed E-state index contributed by atoms with van der Waals surface area (Å²) in [4.78, 5) is -0.783. The third-order valence-corrected chi connectivity index (χ3v) is 7.84. The number of benzene rings is 1. The molecule has 1 fully saturated rings. The number of hydrogen-bond acceptors (Lipinski definition) is 7. The number of nitrogens with one attached hydrogen (secondary N) is 1. The third-order valence-electron chi connectivity index (χ3n) is 5.61. The van der Waals surface area contributed by atoms with E-state index >= 15 is 0 Å². The van der Waals surface area contributed by atoms with Crippen LogP contribution in [0.2, 0.25) is 0 Å². The molecule has 1 aliphatic carbocycles. The van der Waals surface area contributed by atoms with Gasteiger partial charge in [0.25, 0.3) is 0 Å². The van der Waals surface area contributed by atoms with E-state index in [0.29, 0.717) is 5.56 Å². The first kappa shape index (κ1) is 23.7. The van der Waals surface area contributed by atoms with Gasteiger partial charge in [0.2, 0.25) is 0 Å². The van der Waals surface area contributed by atoms with Crippen LogP contribution >= 0.6 is 0 Å². The van der Waals surface area contributed by atoms with Gasteiger partial charge in [0, 0.05) is 38.5 Å². The molecule has 1 unspecified atom stereocenters. The zero-order chi connectivity index (χ0) is 23.0. The summed E-state index contributed by atoms with van der Waals surface area (Å²) in [7, 11) is -1.37. The van der Waals surface area contributed by atoms with E-state index in [1.54, 1.807) is 13.2 Å². The molecule has 1 aromatic carbocycles. The summed E-state index contributed by atoms with van der Waals surface area (Å²) in [5, 5.41) is 15.6. The number of aliphatic hydroxyl groups excluding tert-OH is 1. The zero-order valence-electron chi connectivity index (χ0n) is 17.0. The Bertz CT molecular complexity index is 1030. The fraction of sp³-hybridized carbons (Fsp3) is 0.526. The number of methoxy groups -OCH3 is 1. The number of nitrogens with zero attached hydrogens (tertiary/aromatic N) is 2. The van der Waals surface area contributed by atoms with Crippen molar-refractivity contribution in [3.05, 3.63) is 36.2 Å². The minimum Gasteiger partial charge on any atom is -0.381 e. The molecule has 31 heavy (non-hydrogen) atoms. The summed E-state index contributed by atoms with van der Waals surface area (Å²) in [5.74, 6) is -0.627. The van der Waals surface area contributed by atoms with Crippen LogP contribution in [-0.4, -0.2) is 54.7 Å². The fourth-order valence-electron chi connectivity index (χ4n) is 4.04. The van der Waals surface area contributed by atoms with E-state index in [2.05, 4.69) is 10.4 Å². The van der Waals surface area contributed by atoms with Crippen molar-refractivity contribution >= 4 is 9.84 Å². The number of halogens is 3. The summed E-state index contributed by atoms with van der Waals surface area (Å²) < 4.78 is 74.7. The Kier molecular flexibility index (Phi) is 6.77. The number of nitrogens with two attached hydrogens (primary N) is 1. The van der Waals surface area contributed by atoms with Crippen LogP contribution in [0.5, 0.6) is 0 Å². The van der Waals surface area contributed by atoms with Crippen molar-refractivity contribution in [2.45, 2.75) is 41.5 Å². The molecule has 1 heterocycles. The van der Waals surface area contributed by atoms with Crippen LogP contribution in [-0.2, 0) is 27.8 Å². The number of ether oxygens (including phenoxy) is 1. The molecule has 1 aromatic heterocycles. The largest absolute Gasteiger partial charge is 0.417 e. The van der Waals surface area contributed by atoms with Crippen molar-refractivity contribution in [3.63, 3.8) is 0 Å². The van der Waals surface area contributed by atoms with Crippen molar-refractivity contribution in [1.29, 1.82) is 0 Å². The van der Waals surface area contributed by atoms with E-state index in [4.69, 9.17) is 10.5 Å². The molecule has 0 saturated heterocycles. The van der Waals surface area contributed by atoms with Gasteiger partial charge < -0.3 is 15.6 Å². The normalized spacial score (nSPS) is 23.3. The van der Waals surface area contributed by atoms with Gasteiger partial charge in [-0.25, -0.2) is 8.42 Å². The SMILES string of the molecule is CO[C@H]1C[C@@H](S(=O)(=O)c2ccc(-c3cnn(C)c3)cc2C(F)(F)F)C[C@@H]1C(O)NCN. The second-order valence-corrected chi connectivity index (χ2v) is 9.74. The van der Waals surface area contributed by atoms with Crippen LogP contribution in [0.3, 0.4) is 0 Å². The maximum Gasteiger partial charge on any atom is 0.417 e. The first-order valence-corrected chi connectivity index (χ1v) is 11.1. The second-order valence-electron chi connectivity index (χ2n) is 7.54. The van der Waals surface area contributed by atoms with Crippen LogP contribution in [0.15, 0.2) is 35.5 Å². The Morgan fingerprint density at radius 2 is 2.06 bits per heavy atom. The van der Waals surface area contributed by atoms with Gasteiger partial charge in [0.05, 0.1) is 28.0 Å². The van der Waals surface area contributed by atoms with Gasteiger partial charge in [-0.15, -0.1) is 0 Å². The lowest BCUT2D eigenvalue weighted by atomic mass is 10.0. The molecule has 0 aliphatic heterocycles. The van der Waals surface area contributed by atoms with Crippen molar-refractivity contribution in [2.75, 3.05) is 13.8 Å². The molecule has 0 radical (unpaired) electrons. The smallest absolute Gasteiger partial charge is 0.381 e. The molecule has 4 N–H and O–H groups in total. The lowest BCUT2D eigenvalue weighted by Crippen LogP contribution is -2.42. The van der Waals surface area contributed by atoms with Crippen LogP contribution in [0.1, 0.15) is 18.4 Å². The number of alkyl halides is 3. The molecule has 0 bridgehead atoms. The summed E-state index contributed by atoms with van der Waals surface area (Å²) in [6.45, 7) is -0.0421. The van der Waals surface area contributed by atoms with E-state index in [0.717, 1.165) is 12.1 Å². The van der Waals surface area contributed by atoms with E-state index in [1.807, 2.05) is 0 Å². The van der Waals surface area contributed by atoms with Gasteiger partial charge in [0.15, 0.2) is 9.84 Å². The molecule has 1 aliphatic rings. The number of aryl methyl sites for hydroxylation is 1. The highest BCUT2D eigenvalue weighted by atomic mass is 32.2. The molecule has 172 valence electrons. The van der Waals surface area contributed by atoms with Crippen molar-refractivity contribution < 1.29 is 31.4 Å². The first-order chi connectivity index (χ1) is 14.5. The molecule has 8 nitrogen and oxygen atoms in total. The third kappa shape index (κ3) is 4.77. The Hall–Kier alpha value is -1.99. The van der Waals surface area contributed by atoms with Gasteiger partial charge >= 0.3 is 6.18 Å². The molecule has 1 saturated carbocycles. The topological polar surface area (TPSA) is 119 Å². The second kappa shape index (κ2) is 8.87. The van der Waals surface area contributed by atoms with Crippen LogP contribution < -0.4 is 11.1 Å². The van der Waals surface area contributed by atoms with Gasteiger partial charge in [-0.2, -0.15) is 18.3 Å². The summed E-state index contributed by atoms with van der Waals surface area (Å²) in [5.41, 5.74) is 4.78. The lowest BCUT2D eigenvalue weighted by molar-refractivity contribution is -0.139. The number of hydrogen-bond donors (Lipinski definition) is 3. The molecular formula is C19H25F3N4O4S. The average Bonchev–Trinajstić information content (AvgIpc) is 3.33. The van der Waals surface area contributed by atoms with E-state index in [9.17, 15) is 26.7 Å². The van der Waals surface area contributed by atoms with Gasteiger partial charge in [-0.05, 0) is 30.5 Å². The molecule has 3 rings (SSSR count). The number of aromatic nitrogens is 2. The lowest BCUT2D eigenvalue weighted by Gasteiger charge is -2.23. The van der Waals surface area contributed by atoms with Crippen molar-refractivity contribution in [3.8, 4) is 11.1 Å². The Morgan fingerprint density at radius 1 is 1.35 bits per heavy atom. The van der Waals surface area contributed by atoms with Gasteiger partial charge in [-0.1, -0.05) is 6.07 Å². The molecule has 0 amide bonds. The Morgan fingerprint density at radius 3 is 2.61 bits per heavy atom. The Balaban J connectivity index is 2.00. The predicted octanol–water partition coefficient (Wildman–Crippen LogP) is 1.50. The molecule has 4 atom stereocenters. The number of rotatable bonds is 7. The maximum atomic E-state index is 13.8. The fourth-order valence-corrected chi connectivity index (χ4v) is 6.06. The molecule has 0 spiro atoms. The van der Waals surface area contributed by atoms with Crippen LogP contribution in [0, 0.1) is 5.92 Å². The minimum absolute atomic E-state index is 0.0333. The first-order valence-electron chi connectivity index (χ1n) is 9.57. The van der Waals surface area contributed by atoms with Crippen LogP contribution in [0.25, 0.3) is 11.1 Å². The van der Waals surface area contributed by atoms with Crippen molar-refractivity contribution in [1.82, 2.24) is 15.1 Å². The van der Waals surface area contributed by atoms with Gasteiger partial charge in [-0.3, -0.25) is 10.00 Å².